The van der Waals surface area contributed by atoms with Gasteiger partial charge in [-0.25, -0.2) is 8.78 Å². The van der Waals surface area contributed by atoms with Crippen molar-refractivity contribution in [1.29, 1.82) is 0 Å². The van der Waals surface area contributed by atoms with E-state index in [0.29, 0.717) is 12.2 Å². The highest BCUT2D eigenvalue weighted by atomic mass is 19.2. The maximum atomic E-state index is 12.9. The predicted octanol–water partition coefficient (Wildman–Crippen LogP) is 1.84. The molecule has 2 nitrogen and oxygen atoms in total. The van der Waals surface area contributed by atoms with Gasteiger partial charge in [0.15, 0.2) is 11.6 Å². The summed E-state index contributed by atoms with van der Waals surface area (Å²) in [5.74, 6) is -1.65. The highest BCUT2D eigenvalue weighted by molar-refractivity contribution is 5.17. The first kappa shape index (κ1) is 10.5. The average Bonchev–Trinajstić information content (AvgIpc) is 2.17. The van der Waals surface area contributed by atoms with E-state index in [1.54, 1.807) is 0 Å². The minimum absolute atomic E-state index is 0.162. The highest BCUT2D eigenvalue weighted by Gasteiger charge is 2.32. The zero-order valence-corrected chi connectivity index (χ0v) is 8.52. The SMILES string of the molecule is CC1(OCc2ccc(F)c(F)c2)CNC1. The fourth-order valence-corrected chi connectivity index (χ4v) is 1.47. The van der Waals surface area contributed by atoms with Gasteiger partial charge in [-0.3, -0.25) is 0 Å². The van der Waals surface area contributed by atoms with Gasteiger partial charge in [0.1, 0.15) is 0 Å². The molecule has 0 saturated carbocycles. The average molecular weight is 213 g/mol. The lowest BCUT2D eigenvalue weighted by molar-refractivity contribution is -0.0768. The molecule has 0 spiro atoms. The second-order valence-electron chi connectivity index (χ2n) is 4.09. The van der Waals surface area contributed by atoms with Crippen molar-refractivity contribution in [2.45, 2.75) is 19.1 Å². The summed E-state index contributed by atoms with van der Waals surface area (Å²) in [5, 5.41) is 3.10. The van der Waals surface area contributed by atoms with Gasteiger partial charge in [-0.15, -0.1) is 0 Å². The Morgan fingerprint density at radius 3 is 2.60 bits per heavy atom. The van der Waals surface area contributed by atoms with Crippen molar-refractivity contribution in [2.24, 2.45) is 0 Å². The van der Waals surface area contributed by atoms with Gasteiger partial charge in [-0.2, -0.15) is 0 Å². The van der Waals surface area contributed by atoms with Crippen LogP contribution in [0.2, 0.25) is 0 Å². The molecular formula is C11H13F2NO. The number of nitrogens with one attached hydrogen (secondary N) is 1. The molecule has 1 aliphatic heterocycles. The maximum absolute atomic E-state index is 12.9. The van der Waals surface area contributed by atoms with E-state index in [9.17, 15) is 8.78 Å². The van der Waals surface area contributed by atoms with Gasteiger partial charge in [-0.05, 0) is 24.6 Å². The molecule has 82 valence electrons. The molecule has 0 amide bonds. The molecule has 1 aromatic rings. The van der Waals surface area contributed by atoms with Crippen LogP contribution in [0.3, 0.4) is 0 Å². The summed E-state index contributed by atoms with van der Waals surface area (Å²) in [5.41, 5.74) is 0.493. The van der Waals surface area contributed by atoms with Crippen LogP contribution in [0.4, 0.5) is 8.78 Å². The Kier molecular flexibility index (Phi) is 2.71. The first-order valence-electron chi connectivity index (χ1n) is 4.88. The Morgan fingerprint density at radius 1 is 1.33 bits per heavy atom. The van der Waals surface area contributed by atoms with Crippen LogP contribution < -0.4 is 5.32 Å². The second-order valence-corrected chi connectivity index (χ2v) is 4.09. The molecule has 0 unspecified atom stereocenters. The Bertz CT molecular complexity index is 364. The third kappa shape index (κ3) is 2.33. The molecule has 4 heteroatoms. The van der Waals surface area contributed by atoms with Crippen LogP contribution >= 0.6 is 0 Å². The van der Waals surface area contributed by atoms with Gasteiger partial charge < -0.3 is 10.1 Å². The minimum atomic E-state index is -0.826. The van der Waals surface area contributed by atoms with E-state index < -0.39 is 11.6 Å². The summed E-state index contributed by atoms with van der Waals surface area (Å²) in [6.07, 6.45) is 0. The Balaban J connectivity index is 1.96. The van der Waals surface area contributed by atoms with E-state index in [2.05, 4.69) is 5.32 Å². The molecule has 0 aliphatic carbocycles. The van der Waals surface area contributed by atoms with Crippen molar-refractivity contribution in [3.05, 3.63) is 35.4 Å². The van der Waals surface area contributed by atoms with Crippen LogP contribution in [0, 0.1) is 11.6 Å². The van der Waals surface area contributed by atoms with Crippen molar-refractivity contribution in [1.82, 2.24) is 5.32 Å². The van der Waals surface area contributed by atoms with Crippen LogP contribution in [0.1, 0.15) is 12.5 Å². The summed E-state index contributed by atoms with van der Waals surface area (Å²) in [4.78, 5) is 0. The molecular weight excluding hydrogens is 200 g/mol. The minimum Gasteiger partial charge on any atom is -0.368 e. The van der Waals surface area contributed by atoms with E-state index in [1.807, 2.05) is 6.92 Å². The lowest BCUT2D eigenvalue weighted by atomic mass is 10.00. The standard InChI is InChI=1S/C11H13F2NO/c1-11(6-14-7-11)15-5-8-2-3-9(12)10(13)4-8/h2-4,14H,5-7H2,1H3. The molecule has 1 aromatic carbocycles. The monoisotopic (exact) mass is 213 g/mol. The van der Waals surface area contributed by atoms with Gasteiger partial charge in [0.25, 0.3) is 0 Å². The summed E-state index contributed by atoms with van der Waals surface area (Å²) in [6, 6.07) is 3.83. The molecule has 0 atom stereocenters. The van der Waals surface area contributed by atoms with Crippen molar-refractivity contribution in [3.8, 4) is 0 Å². The van der Waals surface area contributed by atoms with E-state index >= 15 is 0 Å². The number of ether oxygens (including phenoxy) is 1. The lowest BCUT2D eigenvalue weighted by Gasteiger charge is -2.39. The fraction of sp³-hybridized carbons (Fsp3) is 0.455. The zero-order valence-electron chi connectivity index (χ0n) is 8.52. The Hall–Kier alpha value is -1.00. The van der Waals surface area contributed by atoms with E-state index in [-0.39, 0.29) is 5.60 Å². The third-order valence-electron chi connectivity index (χ3n) is 2.57. The van der Waals surface area contributed by atoms with Gasteiger partial charge in [0, 0.05) is 13.1 Å². The fourth-order valence-electron chi connectivity index (χ4n) is 1.47. The zero-order chi connectivity index (χ0) is 10.9. The quantitative estimate of drug-likeness (QED) is 0.827. The summed E-state index contributed by atoms with van der Waals surface area (Å²) < 4.78 is 31.1. The van der Waals surface area contributed by atoms with Crippen molar-refractivity contribution in [3.63, 3.8) is 0 Å². The van der Waals surface area contributed by atoms with Gasteiger partial charge in [0.05, 0.1) is 12.2 Å². The van der Waals surface area contributed by atoms with Gasteiger partial charge in [0.2, 0.25) is 0 Å². The van der Waals surface area contributed by atoms with Crippen LogP contribution in [0.5, 0.6) is 0 Å². The Labute approximate surface area is 87.2 Å². The molecule has 1 heterocycles. The normalized spacial score (nSPS) is 18.6. The van der Waals surface area contributed by atoms with Gasteiger partial charge >= 0.3 is 0 Å². The highest BCUT2D eigenvalue weighted by Crippen LogP contribution is 2.18. The van der Waals surface area contributed by atoms with E-state index in [1.165, 1.54) is 12.1 Å². The predicted molar refractivity (Wildman–Crippen MR) is 52.4 cm³/mol. The molecule has 1 fully saturated rings. The van der Waals surface area contributed by atoms with Crippen LogP contribution in [0.25, 0.3) is 0 Å². The van der Waals surface area contributed by atoms with E-state index in [4.69, 9.17) is 4.74 Å². The number of rotatable bonds is 3. The molecule has 1 saturated heterocycles. The van der Waals surface area contributed by atoms with Gasteiger partial charge in [-0.1, -0.05) is 6.07 Å². The topological polar surface area (TPSA) is 21.3 Å². The first-order chi connectivity index (χ1) is 7.09. The number of benzene rings is 1. The largest absolute Gasteiger partial charge is 0.368 e. The molecule has 1 aliphatic rings. The van der Waals surface area contributed by atoms with Crippen molar-refractivity contribution in [2.75, 3.05) is 13.1 Å². The molecule has 0 bridgehead atoms. The van der Waals surface area contributed by atoms with Crippen LogP contribution in [0.15, 0.2) is 18.2 Å². The van der Waals surface area contributed by atoms with Crippen LogP contribution in [-0.2, 0) is 11.3 Å². The molecule has 0 aromatic heterocycles. The first-order valence-corrected chi connectivity index (χ1v) is 4.88. The lowest BCUT2D eigenvalue weighted by Crippen LogP contribution is -2.58. The smallest absolute Gasteiger partial charge is 0.159 e. The number of hydrogen-bond acceptors (Lipinski definition) is 2. The molecule has 1 N–H and O–H groups in total. The molecule has 15 heavy (non-hydrogen) atoms. The van der Waals surface area contributed by atoms with Crippen molar-refractivity contribution < 1.29 is 13.5 Å². The molecule has 0 radical (unpaired) electrons. The van der Waals surface area contributed by atoms with Crippen LogP contribution in [-0.4, -0.2) is 18.7 Å². The van der Waals surface area contributed by atoms with E-state index in [0.717, 1.165) is 19.2 Å². The third-order valence-corrected chi connectivity index (χ3v) is 2.57. The summed E-state index contributed by atoms with van der Waals surface area (Å²) in [6.45, 7) is 3.91. The summed E-state index contributed by atoms with van der Waals surface area (Å²) >= 11 is 0. The maximum Gasteiger partial charge on any atom is 0.159 e. The van der Waals surface area contributed by atoms with Crippen molar-refractivity contribution >= 4 is 0 Å². The molecule has 2 rings (SSSR count). The number of hydrogen-bond donors (Lipinski definition) is 1. The Morgan fingerprint density at radius 2 is 2.07 bits per heavy atom. The second kappa shape index (κ2) is 3.87. The summed E-state index contributed by atoms with van der Waals surface area (Å²) in [7, 11) is 0. The number of halogens is 2.